The molecule has 2 N–H and O–H groups in total. The third-order valence-corrected chi connectivity index (χ3v) is 4.60. The highest BCUT2D eigenvalue weighted by Gasteiger charge is 2.20. The van der Waals surface area contributed by atoms with Crippen LogP contribution in [0.5, 0.6) is 5.75 Å². The lowest BCUT2D eigenvalue weighted by atomic mass is 10.1. The molecule has 3 nitrogen and oxygen atoms in total. The highest BCUT2D eigenvalue weighted by Crippen LogP contribution is 2.39. The molecular formula is C15H19NO2S. The summed E-state index contributed by atoms with van der Waals surface area (Å²) in [6.07, 6.45) is 1.71. The number of aryl methyl sites for hydroxylation is 1. The summed E-state index contributed by atoms with van der Waals surface area (Å²) < 4.78 is 10.6. The van der Waals surface area contributed by atoms with Crippen LogP contribution in [0.1, 0.15) is 23.5 Å². The van der Waals surface area contributed by atoms with Gasteiger partial charge < -0.3 is 14.9 Å². The molecule has 0 aliphatic rings. The molecule has 102 valence electrons. The van der Waals surface area contributed by atoms with Gasteiger partial charge in [-0.15, -0.1) is 11.8 Å². The first-order chi connectivity index (χ1) is 9.11. The molecule has 1 heterocycles. The van der Waals surface area contributed by atoms with Gasteiger partial charge in [0.1, 0.15) is 11.5 Å². The normalized spacial score (nSPS) is 14.1. The van der Waals surface area contributed by atoms with Crippen molar-refractivity contribution in [1.29, 1.82) is 0 Å². The molecule has 2 atom stereocenters. The highest BCUT2D eigenvalue weighted by molar-refractivity contribution is 7.99. The van der Waals surface area contributed by atoms with E-state index >= 15 is 0 Å². The van der Waals surface area contributed by atoms with Crippen LogP contribution < -0.4 is 10.5 Å². The van der Waals surface area contributed by atoms with Crippen LogP contribution in [0.4, 0.5) is 0 Å². The largest absolute Gasteiger partial charge is 0.497 e. The van der Waals surface area contributed by atoms with E-state index in [1.807, 2.05) is 38.1 Å². The Balaban J connectivity index is 2.27. The van der Waals surface area contributed by atoms with Crippen molar-refractivity contribution in [2.24, 2.45) is 5.73 Å². The van der Waals surface area contributed by atoms with Crippen molar-refractivity contribution in [3.8, 4) is 5.75 Å². The quantitative estimate of drug-likeness (QED) is 0.845. The fourth-order valence-corrected chi connectivity index (χ4v) is 3.05. The predicted molar refractivity (Wildman–Crippen MR) is 78.7 cm³/mol. The van der Waals surface area contributed by atoms with Crippen molar-refractivity contribution < 1.29 is 9.15 Å². The lowest BCUT2D eigenvalue weighted by Gasteiger charge is -2.21. The lowest BCUT2D eigenvalue weighted by Crippen LogP contribution is -2.22. The monoisotopic (exact) mass is 277 g/mol. The van der Waals surface area contributed by atoms with Crippen molar-refractivity contribution in [1.82, 2.24) is 0 Å². The first-order valence-corrected chi connectivity index (χ1v) is 7.10. The van der Waals surface area contributed by atoms with E-state index in [2.05, 4.69) is 6.07 Å². The molecule has 0 bridgehead atoms. The zero-order chi connectivity index (χ0) is 13.8. The summed E-state index contributed by atoms with van der Waals surface area (Å²) >= 11 is 1.73. The average Bonchev–Trinajstić information content (AvgIpc) is 2.81. The fourth-order valence-electron chi connectivity index (χ4n) is 1.93. The van der Waals surface area contributed by atoms with Gasteiger partial charge >= 0.3 is 0 Å². The van der Waals surface area contributed by atoms with Crippen LogP contribution in [0.2, 0.25) is 0 Å². The van der Waals surface area contributed by atoms with Crippen LogP contribution in [-0.4, -0.2) is 13.2 Å². The Labute approximate surface area is 118 Å². The van der Waals surface area contributed by atoms with Crippen LogP contribution in [0, 0.1) is 6.92 Å². The van der Waals surface area contributed by atoms with Crippen LogP contribution in [0.3, 0.4) is 0 Å². The second-order valence-electron chi connectivity index (χ2n) is 4.52. The van der Waals surface area contributed by atoms with E-state index in [0.717, 1.165) is 16.4 Å². The molecular weight excluding hydrogens is 258 g/mol. The Hall–Kier alpha value is -1.39. The summed E-state index contributed by atoms with van der Waals surface area (Å²) in [4.78, 5) is 1.13. The SMILES string of the molecule is COc1cccc(C(Sc2ccoc2C)C(C)N)c1. The third kappa shape index (κ3) is 3.33. The van der Waals surface area contributed by atoms with Crippen LogP contribution in [-0.2, 0) is 0 Å². The van der Waals surface area contributed by atoms with Gasteiger partial charge in [0.15, 0.2) is 0 Å². The molecule has 0 aliphatic heterocycles. The van der Waals surface area contributed by atoms with E-state index < -0.39 is 0 Å². The molecule has 19 heavy (non-hydrogen) atoms. The molecule has 1 aromatic heterocycles. The zero-order valence-electron chi connectivity index (χ0n) is 11.4. The summed E-state index contributed by atoms with van der Waals surface area (Å²) in [5.41, 5.74) is 7.30. The minimum absolute atomic E-state index is 0.0337. The van der Waals surface area contributed by atoms with Gasteiger partial charge in [0.2, 0.25) is 0 Å². The summed E-state index contributed by atoms with van der Waals surface area (Å²) in [7, 11) is 1.67. The van der Waals surface area contributed by atoms with E-state index in [9.17, 15) is 0 Å². The maximum atomic E-state index is 6.13. The van der Waals surface area contributed by atoms with E-state index in [4.69, 9.17) is 14.9 Å². The average molecular weight is 277 g/mol. The van der Waals surface area contributed by atoms with Crippen molar-refractivity contribution in [2.45, 2.75) is 30.0 Å². The summed E-state index contributed by atoms with van der Waals surface area (Å²) in [5, 5.41) is 0.173. The molecule has 0 spiro atoms. The Bertz CT molecular complexity index is 536. The second-order valence-corrected chi connectivity index (χ2v) is 5.70. The predicted octanol–water partition coefficient (Wildman–Crippen LogP) is 3.78. The lowest BCUT2D eigenvalue weighted by molar-refractivity contribution is 0.414. The van der Waals surface area contributed by atoms with Gasteiger partial charge in [0.05, 0.1) is 13.4 Å². The molecule has 2 unspecified atom stereocenters. The molecule has 2 rings (SSSR count). The number of furan rings is 1. The number of hydrogen-bond acceptors (Lipinski definition) is 4. The number of hydrogen-bond donors (Lipinski definition) is 1. The number of benzene rings is 1. The Morgan fingerprint density at radius 3 is 2.68 bits per heavy atom. The number of thioether (sulfide) groups is 1. The Morgan fingerprint density at radius 1 is 1.32 bits per heavy atom. The number of ether oxygens (including phenoxy) is 1. The van der Waals surface area contributed by atoms with Gasteiger partial charge in [0.25, 0.3) is 0 Å². The Morgan fingerprint density at radius 2 is 2.11 bits per heavy atom. The molecule has 0 saturated heterocycles. The van der Waals surface area contributed by atoms with Crippen LogP contribution in [0.15, 0.2) is 45.9 Å². The standard InChI is InChI=1S/C15H19NO2S/c1-10(16)15(19-14-7-8-18-11(14)2)12-5-4-6-13(9-12)17-3/h4-10,15H,16H2,1-3H3. The van der Waals surface area contributed by atoms with E-state index in [-0.39, 0.29) is 11.3 Å². The fraction of sp³-hybridized carbons (Fsp3) is 0.333. The van der Waals surface area contributed by atoms with Crippen molar-refractivity contribution in [3.05, 3.63) is 47.9 Å². The Kier molecular flexibility index (Phi) is 4.56. The topological polar surface area (TPSA) is 48.4 Å². The first-order valence-electron chi connectivity index (χ1n) is 6.22. The van der Waals surface area contributed by atoms with Gasteiger partial charge in [-0.2, -0.15) is 0 Å². The summed E-state index contributed by atoms with van der Waals surface area (Å²) in [6, 6.07) is 10.1. The first kappa shape index (κ1) is 14.0. The number of methoxy groups -OCH3 is 1. The second kappa shape index (κ2) is 6.17. The molecule has 0 saturated carbocycles. The van der Waals surface area contributed by atoms with Gasteiger partial charge in [-0.05, 0) is 37.6 Å². The number of rotatable bonds is 5. The van der Waals surface area contributed by atoms with Gasteiger partial charge in [-0.25, -0.2) is 0 Å². The molecule has 0 aliphatic carbocycles. The van der Waals surface area contributed by atoms with Crippen molar-refractivity contribution in [3.63, 3.8) is 0 Å². The molecule has 1 aromatic carbocycles. The number of nitrogens with two attached hydrogens (primary N) is 1. The molecule has 4 heteroatoms. The van der Waals surface area contributed by atoms with Gasteiger partial charge in [-0.3, -0.25) is 0 Å². The zero-order valence-corrected chi connectivity index (χ0v) is 12.2. The third-order valence-electron chi connectivity index (χ3n) is 2.97. The maximum Gasteiger partial charge on any atom is 0.119 e. The summed E-state index contributed by atoms with van der Waals surface area (Å²) in [5.74, 6) is 1.78. The van der Waals surface area contributed by atoms with Gasteiger partial charge in [-0.1, -0.05) is 12.1 Å². The van der Waals surface area contributed by atoms with E-state index in [1.54, 1.807) is 25.1 Å². The molecule has 0 fully saturated rings. The van der Waals surface area contributed by atoms with Crippen LogP contribution >= 0.6 is 11.8 Å². The molecule has 2 aromatic rings. The van der Waals surface area contributed by atoms with Crippen molar-refractivity contribution >= 4 is 11.8 Å². The van der Waals surface area contributed by atoms with Crippen molar-refractivity contribution in [2.75, 3.05) is 7.11 Å². The minimum Gasteiger partial charge on any atom is -0.497 e. The minimum atomic E-state index is 0.0337. The van der Waals surface area contributed by atoms with Gasteiger partial charge in [0, 0.05) is 16.2 Å². The maximum absolute atomic E-state index is 6.13. The van der Waals surface area contributed by atoms with Crippen LogP contribution in [0.25, 0.3) is 0 Å². The summed E-state index contributed by atoms with van der Waals surface area (Å²) in [6.45, 7) is 3.98. The molecule has 0 amide bonds. The van der Waals surface area contributed by atoms with E-state index in [1.165, 1.54) is 5.56 Å². The highest BCUT2D eigenvalue weighted by atomic mass is 32.2. The van der Waals surface area contributed by atoms with E-state index in [0.29, 0.717) is 0 Å². The smallest absolute Gasteiger partial charge is 0.119 e. The molecule has 0 radical (unpaired) electrons.